The van der Waals surface area contributed by atoms with E-state index in [9.17, 15) is 0 Å². The van der Waals surface area contributed by atoms with Crippen LogP contribution >= 0.6 is 0 Å². The SMILES string of the molecule is CC(C)N1CCN(c2ncc(Nc3ncc(-c4cn[nH]c4)n4ccnc34)cn2)CC1.CN1CCN(c2ncc(Nc3ncc(-c4cn[nH]c4)n4ccnc34)cn2)CC1.c1cn2c(-c3cn[nH]c3)cnc(Nc3cnc(N4CCCCC4)nc3)c2n1. The maximum absolute atomic E-state index is 4.56. The zero-order valence-electron chi connectivity index (χ0n) is 47.2. The molecule has 3 fully saturated rings. The highest BCUT2D eigenvalue weighted by atomic mass is 15.3. The minimum atomic E-state index is 0.576. The van der Waals surface area contributed by atoms with Gasteiger partial charge in [0.05, 0.1) is 109 Å². The van der Waals surface area contributed by atoms with Crippen molar-refractivity contribution >= 4 is 69.3 Å². The summed E-state index contributed by atoms with van der Waals surface area (Å²) in [6, 6.07) is 0.576. The number of imidazole rings is 3. The highest BCUT2D eigenvalue weighted by Crippen LogP contribution is 2.29. The quantitative estimate of drug-likeness (QED) is 0.0745. The van der Waals surface area contributed by atoms with Gasteiger partial charge in [0.1, 0.15) is 0 Å². The van der Waals surface area contributed by atoms with Crippen molar-refractivity contribution < 1.29 is 0 Å². The molecular formula is C56H63N29. The lowest BCUT2D eigenvalue weighted by Crippen LogP contribution is -2.49. The van der Waals surface area contributed by atoms with Crippen molar-refractivity contribution in [1.82, 2.24) is 113 Å². The van der Waals surface area contributed by atoms with Crippen LogP contribution in [0.25, 0.3) is 50.7 Å². The van der Waals surface area contributed by atoms with Crippen LogP contribution in [0.2, 0.25) is 0 Å². The highest BCUT2D eigenvalue weighted by Gasteiger charge is 2.22. The molecule has 0 aromatic carbocycles. The van der Waals surface area contributed by atoms with Crippen LogP contribution in [-0.2, 0) is 0 Å². The summed E-state index contributed by atoms with van der Waals surface area (Å²) < 4.78 is 5.92. The first-order valence-corrected chi connectivity index (χ1v) is 28.2. The molecule has 15 rings (SSSR count). The first-order valence-electron chi connectivity index (χ1n) is 28.2. The van der Waals surface area contributed by atoms with Crippen LogP contribution in [0.1, 0.15) is 33.1 Å². The molecule has 15 heterocycles. The van der Waals surface area contributed by atoms with Crippen LogP contribution in [0.5, 0.6) is 0 Å². The van der Waals surface area contributed by atoms with Crippen molar-refractivity contribution in [1.29, 1.82) is 0 Å². The molecule has 0 bridgehead atoms. The van der Waals surface area contributed by atoms with Gasteiger partial charge in [-0.05, 0) is 40.2 Å². The number of rotatable bonds is 13. The second-order valence-corrected chi connectivity index (χ2v) is 20.9. The van der Waals surface area contributed by atoms with Gasteiger partial charge in [0.2, 0.25) is 17.8 Å². The summed E-state index contributed by atoms with van der Waals surface area (Å²) in [5, 5.41) is 30.3. The van der Waals surface area contributed by atoms with Crippen molar-refractivity contribution in [3.8, 4) is 33.8 Å². The molecule has 0 amide bonds. The summed E-state index contributed by atoms with van der Waals surface area (Å²) in [7, 11) is 2.13. The summed E-state index contributed by atoms with van der Waals surface area (Å²) in [6.45, 7) is 14.4. The van der Waals surface area contributed by atoms with Crippen molar-refractivity contribution in [2.45, 2.75) is 39.2 Å². The average Bonchev–Trinajstić information content (AvgIpc) is 4.12. The van der Waals surface area contributed by atoms with Gasteiger partial charge in [-0.1, -0.05) is 0 Å². The van der Waals surface area contributed by atoms with Crippen molar-refractivity contribution in [3.05, 3.63) is 130 Å². The second-order valence-electron chi connectivity index (χ2n) is 20.9. The molecular weight excluding hydrogens is 1080 g/mol. The Labute approximate surface area is 487 Å². The molecule has 29 nitrogen and oxygen atoms in total. The van der Waals surface area contributed by atoms with Gasteiger partial charge in [-0.15, -0.1) is 0 Å². The van der Waals surface area contributed by atoms with Crippen LogP contribution in [0.15, 0.2) is 130 Å². The van der Waals surface area contributed by atoms with Crippen LogP contribution < -0.4 is 30.7 Å². The number of aromatic nitrogens is 21. The molecule has 0 aliphatic carbocycles. The molecule has 0 unspecified atom stereocenters. The first kappa shape index (κ1) is 53.7. The Morgan fingerprint density at radius 3 is 1.05 bits per heavy atom. The number of piperazine rings is 2. The van der Waals surface area contributed by atoms with Gasteiger partial charge in [0, 0.05) is 144 Å². The lowest BCUT2D eigenvalue weighted by Gasteiger charge is -2.36. The summed E-state index contributed by atoms with van der Waals surface area (Å²) in [5.74, 6) is 4.25. The Balaban J connectivity index is 0.000000119. The normalized spacial score (nSPS) is 15.0. The van der Waals surface area contributed by atoms with Gasteiger partial charge < -0.3 is 35.6 Å². The minimum Gasteiger partial charge on any atom is -0.341 e. The number of H-pyrrole nitrogens is 3. The largest absolute Gasteiger partial charge is 0.341 e. The van der Waals surface area contributed by atoms with E-state index in [-0.39, 0.29) is 0 Å². The first-order chi connectivity index (χ1) is 41.8. The molecule has 0 spiro atoms. The molecule has 3 aliphatic heterocycles. The summed E-state index contributed by atoms with van der Waals surface area (Å²) in [5.41, 5.74) is 10.1. The second kappa shape index (κ2) is 24.5. The Morgan fingerprint density at radius 1 is 0.376 bits per heavy atom. The van der Waals surface area contributed by atoms with Crippen molar-refractivity contribution in [2.75, 3.05) is 103 Å². The van der Waals surface area contributed by atoms with Gasteiger partial charge in [-0.3, -0.25) is 33.4 Å². The molecule has 12 aromatic heterocycles. The summed E-state index contributed by atoms with van der Waals surface area (Å²) in [6.07, 6.45) is 41.6. The number of hydrogen-bond donors (Lipinski definition) is 6. The van der Waals surface area contributed by atoms with Crippen molar-refractivity contribution in [2.24, 2.45) is 0 Å². The Morgan fingerprint density at radius 2 is 0.718 bits per heavy atom. The van der Waals surface area contributed by atoms with Gasteiger partial charge in [0.25, 0.3) is 0 Å². The zero-order valence-corrected chi connectivity index (χ0v) is 47.2. The predicted molar refractivity (Wildman–Crippen MR) is 322 cm³/mol. The van der Waals surface area contributed by atoms with Crippen molar-refractivity contribution in [3.63, 3.8) is 0 Å². The Kier molecular flexibility index (Phi) is 15.5. The van der Waals surface area contributed by atoms with E-state index in [0.29, 0.717) is 23.5 Å². The van der Waals surface area contributed by atoms with Gasteiger partial charge in [-0.25, -0.2) is 59.8 Å². The van der Waals surface area contributed by atoms with Crippen LogP contribution in [-0.4, -0.2) is 192 Å². The van der Waals surface area contributed by atoms with E-state index in [0.717, 1.165) is 151 Å². The zero-order chi connectivity index (χ0) is 57.5. The number of hydrogen-bond acceptors (Lipinski definition) is 23. The molecule has 85 heavy (non-hydrogen) atoms. The molecule has 12 aromatic rings. The molecule has 432 valence electrons. The van der Waals surface area contributed by atoms with E-state index in [2.05, 4.69) is 152 Å². The number of nitrogens with one attached hydrogen (secondary N) is 6. The third-order valence-corrected chi connectivity index (χ3v) is 15.1. The van der Waals surface area contributed by atoms with E-state index in [1.807, 2.05) is 50.4 Å². The van der Waals surface area contributed by atoms with Gasteiger partial charge in [-0.2, -0.15) is 15.3 Å². The fourth-order valence-corrected chi connectivity index (χ4v) is 10.4. The van der Waals surface area contributed by atoms with E-state index in [1.165, 1.54) is 19.3 Å². The van der Waals surface area contributed by atoms with E-state index < -0.39 is 0 Å². The van der Waals surface area contributed by atoms with Gasteiger partial charge >= 0.3 is 0 Å². The average molecular weight is 1140 g/mol. The Bertz CT molecular complexity index is 4040. The number of piperidine rings is 1. The summed E-state index contributed by atoms with van der Waals surface area (Å²) in [4.78, 5) is 65.6. The maximum Gasteiger partial charge on any atom is 0.225 e. The van der Waals surface area contributed by atoms with Crippen LogP contribution in [0.4, 0.5) is 52.4 Å². The third-order valence-electron chi connectivity index (χ3n) is 15.1. The number of anilines is 9. The lowest BCUT2D eigenvalue weighted by atomic mass is 10.1. The fourth-order valence-electron chi connectivity index (χ4n) is 10.4. The molecule has 0 atom stereocenters. The Hall–Kier alpha value is -10.6. The number of likely N-dealkylation sites (N-methyl/N-ethyl adjacent to an activating group) is 1. The molecule has 6 N–H and O–H groups in total. The van der Waals surface area contributed by atoms with E-state index in [4.69, 9.17) is 0 Å². The topological polar surface area (TPSA) is 306 Å². The van der Waals surface area contributed by atoms with E-state index >= 15 is 0 Å². The molecule has 0 saturated carbocycles. The maximum atomic E-state index is 4.56. The lowest BCUT2D eigenvalue weighted by molar-refractivity contribution is 0.208. The van der Waals surface area contributed by atoms with Crippen LogP contribution in [0.3, 0.4) is 0 Å². The molecule has 3 aliphatic rings. The molecule has 0 radical (unpaired) electrons. The van der Waals surface area contributed by atoms with Gasteiger partial charge in [0.15, 0.2) is 34.4 Å². The summed E-state index contributed by atoms with van der Waals surface area (Å²) >= 11 is 0. The number of fused-ring (bicyclic) bond motifs is 3. The standard InChI is InChI=1S/C20H24N10.C18H20N10.C18H19N9/c1-14(2)28-5-7-29(8-6-28)20-23-11-16(12-24-20)27-18-19-21-3-4-30(19)17(13-22-18)15-9-25-26-10-15;1-26-4-6-27(7-5-26)18-21-10-14(11-22-18)25-16-17-19-2-3-28(17)15(12-20-16)13-8-23-24-9-13;1-2-5-26(6-3-1)18-21-10-14(11-22-18)25-16-17-19-4-7-27(17)15(12-20-16)13-8-23-24-9-13/h3-4,9-14H,5-8H2,1-2H3,(H,22,27)(H,25,26);2-3,8-12H,4-7H2,1H3,(H,20,25)(H,23,24);4,7-12H,1-3,5-6H2,(H,20,25)(H,23,24). The minimum absolute atomic E-state index is 0.576. The van der Waals surface area contributed by atoms with E-state index in [1.54, 1.807) is 93.0 Å². The fraction of sp³-hybridized carbons (Fsp3) is 0.304. The highest BCUT2D eigenvalue weighted by molar-refractivity contribution is 5.76. The third kappa shape index (κ3) is 11.9. The smallest absolute Gasteiger partial charge is 0.225 e. The predicted octanol–water partition coefficient (Wildman–Crippen LogP) is 6.23. The molecule has 29 heteroatoms. The van der Waals surface area contributed by atoms with Crippen LogP contribution in [0, 0.1) is 0 Å². The monoisotopic (exact) mass is 1140 g/mol. The number of aromatic amines is 3. The molecule has 3 saturated heterocycles. The number of nitrogens with zero attached hydrogens (tertiary/aromatic N) is 23.